The van der Waals surface area contributed by atoms with Gasteiger partial charge in [0, 0.05) is 17.5 Å². The number of para-hydroxylation sites is 1. The van der Waals surface area contributed by atoms with E-state index in [1.165, 1.54) is 63.4 Å². The lowest BCUT2D eigenvalue weighted by atomic mass is 9.81. The Hall–Kier alpha value is -3.46. The molecule has 0 bridgehead atoms. The fraction of sp³-hybridized carbons (Fsp3) is 0.214. The van der Waals surface area contributed by atoms with Gasteiger partial charge in [-0.05, 0) is 69.8 Å². The average Bonchev–Trinajstić information content (AvgIpc) is 2.95. The fourth-order valence-corrected chi connectivity index (χ4v) is 5.90. The molecule has 0 fully saturated rings. The van der Waals surface area contributed by atoms with Gasteiger partial charge in [-0.15, -0.1) is 0 Å². The van der Waals surface area contributed by atoms with E-state index < -0.39 is 0 Å². The van der Waals surface area contributed by atoms with Crippen molar-refractivity contribution in [1.29, 1.82) is 0 Å². The van der Waals surface area contributed by atoms with Crippen LogP contribution in [0.2, 0.25) is 0 Å². The van der Waals surface area contributed by atoms with E-state index in [9.17, 15) is 10.1 Å². The van der Waals surface area contributed by atoms with E-state index >= 15 is 0 Å². The molecule has 0 radical (unpaired) electrons. The van der Waals surface area contributed by atoms with Gasteiger partial charge in [-0.2, -0.15) is 0 Å². The number of fused-ring (bicyclic) bond motifs is 8. The summed E-state index contributed by atoms with van der Waals surface area (Å²) in [5, 5.41) is 14.6. The Labute approximate surface area is 181 Å². The molecule has 0 saturated carbocycles. The molecule has 3 nitrogen and oxygen atoms in total. The molecule has 0 saturated heterocycles. The quantitative estimate of drug-likeness (QED) is 0.177. The number of nitrogens with zero attached hydrogens (tertiary/aromatic N) is 1. The zero-order valence-corrected chi connectivity index (χ0v) is 17.3. The minimum absolute atomic E-state index is 0.0933. The summed E-state index contributed by atoms with van der Waals surface area (Å²) in [5.41, 5.74) is 8.93. The molecule has 0 heterocycles. The monoisotopic (exact) mass is 405 g/mol. The lowest BCUT2D eigenvalue weighted by molar-refractivity contribution is -0.385. The third-order valence-corrected chi connectivity index (χ3v) is 7.11. The zero-order chi connectivity index (χ0) is 20.9. The largest absolute Gasteiger partial charge is 0.273 e. The van der Waals surface area contributed by atoms with E-state index in [1.54, 1.807) is 12.1 Å². The number of nitro benzene ring substituents is 1. The van der Waals surface area contributed by atoms with Crippen LogP contribution < -0.4 is 0 Å². The van der Waals surface area contributed by atoms with Crippen molar-refractivity contribution in [2.45, 2.75) is 38.0 Å². The van der Waals surface area contributed by atoms with E-state index in [4.69, 9.17) is 0 Å². The van der Waals surface area contributed by atoms with Crippen molar-refractivity contribution in [3.8, 4) is 11.1 Å². The highest BCUT2D eigenvalue weighted by atomic mass is 16.6. The van der Waals surface area contributed by atoms with Gasteiger partial charge in [0.15, 0.2) is 0 Å². The Kier molecular flexibility index (Phi) is 4.17. The number of benzene rings is 4. The molecule has 0 aliphatic heterocycles. The zero-order valence-electron chi connectivity index (χ0n) is 17.3. The molecule has 4 aromatic rings. The predicted octanol–water partition coefficient (Wildman–Crippen LogP) is 7.18. The van der Waals surface area contributed by atoms with E-state index in [-0.39, 0.29) is 16.5 Å². The highest BCUT2D eigenvalue weighted by molar-refractivity contribution is 6.05. The lowest BCUT2D eigenvalue weighted by Crippen LogP contribution is -2.08. The highest BCUT2D eigenvalue weighted by Crippen LogP contribution is 2.55. The number of hydrogen-bond acceptors (Lipinski definition) is 2. The normalized spacial score (nSPS) is 17.0. The van der Waals surface area contributed by atoms with E-state index in [2.05, 4.69) is 48.5 Å². The molecule has 4 aromatic carbocycles. The summed E-state index contributed by atoms with van der Waals surface area (Å²) in [6.07, 6.45) is 5.76. The Balaban J connectivity index is 1.78. The minimum atomic E-state index is -0.227. The predicted molar refractivity (Wildman–Crippen MR) is 125 cm³/mol. The maximum Gasteiger partial charge on any atom is 0.273 e. The number of aryl methyl sites for hydroxylation is 1. The topological polar surface area (TPSA) is 43.1 Å². The number of nitro groups is 1. The SMILES string of the molecule is O=[N+]([O-])c1ccccc1C1c2ccccc2-c2c1c1c(c3ccccc23)CCCCC1. The summed E-state index contributed by atoms with van der Waals surface area (Å²) in [7, 11) is 0. The Morgan fingerprint density at radius 2 is 1.35 bits per heavy atom. The molecule has 31 heavy (non-hydrogen) atoms. The van der Waals surface area contributed by atoms with Crippen molar-refractivity contribution in [2.75, 3.05) is 0 Å². The molecule has 0 spiro atoms. The van der Waals surface area contributed by atoms with Gasteiger partial charge in [0.25, 0.3) is 5.69 Å². The van der Waals surface area contributed by atoms with Gasteiger partial charge < -0.3 is 0 Å². The lowest BCUT2D eigenvalue weighted by Gasteiger charge is -2.22. The van der Waals surface area contributed by atoms with Crippen molar-refractivity contribution in [1.82, 2.24) is 0 Å². The van der Waals surface area contributed by atoms with Crippen molar-refractivity contribution in [2.24, 2.45) is 0 Å². The molecule has 1 unspecified atom stereocenters. The molecule has 3 heteroatoms. The van der Waals surface area contributed by atoms with Gasteiger partial charge in [-0.1, -0.05) is 73.2 Å². The van der Waals surface area contributed by atoms with Crippen molar-refractivity contribution in [3.63, 3.8) is 0 Å². The first kappa shape index (κ1) is 18.3. The van der Waals surface area contributed by atoms with Crippen LogP contribution in [0, 0.1) is 10.1 Å². The van der Waals surface area contributed by atoms with Crippen molar-refractivity contribution >= 4 is 16.5 Å². The van der Waals surface area contributed by atoms with E-state index in [0.717, 1.165) is 18.4 Å². The maximum atomic E-state index is 12.0. The second-order valence-corrected chi connectivity index (χ2v) is 8.69. The maximum absolute atomic E-state index is 12.0. The van der Waals surface area contributed by atoms with E-state index in [1.807, 2.05) is 12.1 Å². The molecule has 0 N–H and O–H groups in total. The van der Waals surface area contributed by atoms with Gasteiger partial charge in [0.1, 0.15) is 0 Å². The van der Waals surface area contributed by atoms with Gasteiger partial charge >= 0.3 is 0 Å². The van der Waals surface area contributed by atoms with Crippen LogP contribution in [0.15, 0.2) is 72.8 Å². The van der Waals surface area contributed by atoms with Gasteiger partial charge in [0.2, 0.25) is 0 Å². The van der Waals surface area contributed by atoms with Crippen LogP contribution in [0.5, 0.6) is 0 Å². The summed E-state index contributed by atoms with van der Waals surface area (Å²) in [6.45, 7) is 0. The second-order valence-electron chi connectivity index (χ2n) is 8.69. The van der Waals surface area contributed by atoms with Crippen LogP contribution in [0.25, 0.3) is 21.9 Å². The fourth-order valence-electron chi connectivity index (χ4n) is 5.90. The molecular formula is C28H23NO2. The van der Waals surface area contributed by atoms with Crippen molar-refractivity contribution < 1.29 is 4.92 Å². The molecule has 152 valence electrons. The number of rotatable bonds is 2. The van der Waals surface area contributed by atoms with Crippen molar-refractivity contribution in [3.05, 3.63) is 111 Å². The molecule has 2 aliphatic carbocycles. The van der Waals surface area contributed by atoms with Crippen LogP contribution in [-0.4, -0.2) is 4.92 Å². The first-order valence-electron chi connectivity index (χ1n) is 11.1. The summed E-state index contributed by atoms with van der Waals surface area (Å²) >= 11 is 0. The molecule has 0 aromatic heterocycles. The minimum Gasteiger partial charge on any atom is -0.258 e. The smallest absolute Gasteiger partial charge is 0.258 e. The number of hydrogen-bond donors (Lipinski definition) is 0. The first-order valence-corrected chi connectivity index (χ1v) is 11.1. The first-order chi connectivity index (χ1) is 15.3. The summed E-state index contributed by atoms with van der Waals surface area (Å²) in [5.74, 6) is -0.0933. The molecule has 6 rings (SSSR count). The van der Waals surface area contributed by atoms with Crippen LogP contribution in [0.4, 0.5) is 5.69 Å². The summed E-state index contributed by atoms with van der Waals surface area (Å²) < 4.78 is 0. The Bertz CT molecular complexity index is 1350. The Morgan fingerprint density at radius 1 is 0.710 bits per heavy atom. The van der Waals surface area contributed by atoms with Crippen LogP contribution >= 0.6 is 0 Å². The highest BCUT2D eigenvalue weighted by Gasteiger charge is 2.37. The van der Waals surface area contributed by atoms with Crippen LogP contribution in [0.1, 0.15) is 53.0 Å². The molecule has 0 amide bonds. The van der Waals surface area contributed by atoms with E-state index in [0.29, 0.717) is 0 Å². The second kappa shape index (κ2) is 7.05. The average molecular weight is 405 g/mol. The Morgan fingerprint density at radius 3 is 2.16 bits per heavy atom. The van der Waals surface area contributed by atoms with Gasteiger partial charge in [0.05, 0.1) is 4.92 Å². The third kappa shape index (κ3) is 2.66. The van der Waals surface area contributed by atoms with Crippen LogP contribution in [0.3, 0.4) is 0 Å². The van der Waals surface area contributed by atoms with Gasteiger partial charge in [-0.3, -0.25) is 10.1 Å². The standard InChI is InChI=1S/C28H23NO2/c30-29(31)25-17-9-8-16-24(25)27-23-15-7-6-14-22(23)26-20-13-5-4-11-18(20)19-10-2-1-3-12-21(19)28(26)27/h4-9,11,13-17,27H,1-3,10,12H2. The summed E-state index contributed by atoms with van der Waals surface area (Å²) in [6, 6.07) is 24.6. The van der Waals surface area contributed by atoms with Crippen LogP contribution in [-0.2, 0) is 12.8 Å². The third-order valence-electron chi connectivity index (χ3n) is 7.11. The molecule has 2 aliphatic rings. The molecular weight excluding hydrogens is 382 g/mol. The molecule has 1 atom stereocenters. The summed E-state index contributed by atoms with van der Waals surface area (Å²) in [4.78, 5) is 11.7. The van der Waals surface area contributed by atoms with Gasteiger partial charge in [-0.25, -0.2) is 0 Å².